The second-order valence-electron chi connectivity index (χ2n) is 3.43. The van der Waals surface area contributed by atoms with Crippen molar-refractivity contribution in [2.24, 2.45) is 5.92 Å². The van der Waals surface area contributed by atoms with Crippen molar-refractivity contribution in [3.63, 3.8) is 0 Å². The quantitative estimate of drug-likeness (QED) is 0.778. The van der Waals surface area contributed by atoms with Gasteiger partial charge in [-0.1, -0.05) is 0 Å². The molecular weight excluding hydrogens is 276 g/mol. The van der Waals surface area contributed by atoms with Gasteiger partial charge in [0.2, 0.25) is 0 Å². The average molecular weight is 286 g/mol. The first-order chi connectivity index (χ1) is 6.82. The van der Waals surface area contributed by atoms with Crippen LogP contribution in [0.25, 0.3) is 0 Å². The number of amides is 1. The lowest BCUT2D eigenvalue weighted by molar-refractivity contribution is -0.151. The molecule has 1 heterocycles. The molecule has 4 nitrogen and oxygen atoms in total. The molecule has 1 fully saturated rings. The molecule has 0 radical (unpaired) electrons. The van der Waals surface area contributed by atoms with E-state index in [1.807, 2.05) is 15.9 Å². The summed E-state index contributed by atoms with van der Waals surface area (Å²) in [5.41, 5.74) is 0. The van der Waals surface area contributed by atoms with Gasteiger partial charge in [0, 0.05) is 29.0 Å². The normalized spacial score (nSPS) is 22.6. The molecule has 86 valence electrons. The number of alkyl halides is 3. The Labute approximate surface area is 93.4 Å². The Bertz CT molecular complexity index is 280. The summed E-state index contributed by atoms with van der Waals surface area (Å²) in [5.74, 6) is -3.16. The molecule has 1 atom stereocenters. The minimum Gasteiger partial charge on any atom is -0.481 e. The Morgan fingerprint density at radius 1 is 1.47 bits per heavy atom. The molecule has 1 N–H and O–H groups in total. The highest BCUT2D eigenvalue weighted by Gasteiger charge is 2.41. The fourth-order valence-corrected chi connectivity index (χ4v) is 1.79. The molecule has 1 rings (SSSR count). The van der Waals surface area contributed by atoms with Crippen LogP contribution in [0.2, 0.25) is 0 Å². The summed E-state index contributed by atoms with van der Waals surface area (Å²) in [5, 5.41) is 8.70. The lowest BCUT2D eigenvalue weighted by atomic mass is 9.98. The monoisotopic (exact) mass is 285 g/mol. The van der Waals surface area contributed by atoms with Crippen LogP contribution in [0, 0.1) is 5.92 Å². The number of carboxylic acid groups (broad SMARTS) is 1. The molecule has 15 heavy (non-hydrogen) atoms. The second kappa shape index (κ2) is 4.42. The summed E-state index contributed by atoms with van der Waals surface area (Å²) in [6.45, 7) is 0.0408. The maximum Gasteiger partial charge on any atom is 0.377 e. The van der Waals surface area contributed by atoms with E-state index in [1.54, 1.807) is 0 Å². The fourth-order valence-electron chi connectivity index (χ4n) is 1.54. The highest BCUT2D eigenvalue weighted by molar-refractivity contribution is 9.10. The zero-order valence-electron chi connectivity index (χ0n) is 7.75. The number of rotatable bonds is 2. The molecular formula is C8H10BrF2NO3. The van der Waals surface area contributed by atoms with Crippen LogP contribution in [0.15, 0.2) is 0 Å². The largest absolute Gasteiger partial charge is 0.481 e. The van der Waals surface area contributed by atoms with Crippen molar-refractivity contribution in [3.05, 3.63) is 0 Å². The van der Waals surface area contributed by atoms with Crippen LogP contribution in [0.5, 0.6) is 0 Å². The topological polar surface area (TPSA) is 57.6 Å². The summed E-state index contributed by atoms with van der Waals surface area (Å²) in [7, 11) is 0. The summed E-state index contributed by atoms with van der Waals surface area (Å²) >= 11 is 1.96. The molecule has 1 aliphatic heterocycles. The van der Waals surface area contributed by atoms with Gasteiger partial charge in [0.15, 0.2) is 0 Å². The number of likely N-dealkylation sites (tertiary alicyclic amines) is 1. The molecule has 0 aromatic heterocycles. The molecule has 1 amide bonds. The van der Waals surface area contributed by atoms with Gasteiger partial charge in [-0.2, -0.15) is 8.78 Å². The van der Waals surface area contributed by atoms with Gasteiger partial charge in [-0.3, -0.25) is 9.59 Å². The first-order valence-electron chi connectivity index (χ1n) is 4.41. The van der Waals surface area contributed by atoms with E-state index in [-0.39, 0.29) is 13.1 Å². The summed E-state index contributed by atoms with van der Waals surface area (Å²) in [6, 6.07) is 0. The van der Waals surface area contributed by atoms with Crippen LogP contribution < -0.4 is 0 Å². The van der Waals surface area contributed by atoms with E-state index in [4.69, 9.17) is 5.11 Å². The molecule has 0 saturated carbocycles. The van der Waals surface area contributed by atoms with Crippen molar-refractivity contribution in [1.82, 2.24) is 4.90 Å². The summed E-state index contributed by atoms with van der Waals surface area (Å²) in [6.07, 6.45) is 0.860. The van der Waals surface area contributed by atoms with Crippen LogP contribution in [0.3, 0.4) is 0 Å². The third-order valence-electron chi connectivity index (χ3n) is 2.30. The number of hydrogen-bond donors (Lipinski definition) is 1. The van der Waals surface area contributed by atoms with Gasteiger partial charge >= 0.3 is 16.7 Å². The number of halogens is 3. The molecule has 7 heteroatoms. The van der Waals surface area contributed by atoms with Crippen LogP contribution in [-0.2, 0) is 9.59 Å². The van der Waals surface area contributed by atoms with Crippen molar-refractivity contribution < 1.29 is 23.5 Å². The highest BCUT2D eigenvalue weighted by atomic mass is 79.9. The molecule has 1 saturated heterocycles. The zero-order valence-corrected chi connectivity index (χ0v) is 9.34. The summed E-state index contributed by atoms with van der Waals surface area (Å²) < 4.78 is 25.2. The van der Waals surface area contributed by atoms with E-state index >= 15 is 0 Å². The van der Waals surface area contributed by atoms with Gasteiger partial charge < -0.3 is 10.0 Å². The van der Waals surface area contributed by atoms with E-state index < -0.39 is 22.6 Å². The predicted octanol–water partition coefficient (Wildman–Crippen LogP) is 1.30. The Balaban J connectivity index is 2.64. The van der Waals surface area contributed by atoms with Crippen LogP contribution in [0.1, 0.15) is 12.8 Å². The lowest BCUT2D eigenvalue weighted by Gasteiger charge is -2.31. The van der Waals surface area contributed by atoms with Crippen LogP contribution >= 0.6 is 15.9 Å². The number of nitrogens with zero attached hydrogens (tertiary/aromatic N) is 1. The molecule has 0 aromatic carbocycles. The van der Waals surface area contributed by atoms with Gasteiger partial charge in [-0.25, -0.2) is 0 Å². The van der Waals surface area contributed by atoms with Gasteiger partial charge in [-0.05, 0) is 12.8 Å². The van der Waals surface area contributed by atoms with Crippen molar-refractivity contribution in [2.45, 2.75) is 17.7 Å². The average Bonchev–Trinajstić information content (AvgIpc) is 2.15. The molecule has 0 aliphatic carbocycles. The maximum absolute atomic E-state index is 12.6. The number of carbonyl (C=O) groups excluding carboxylic acids is 1. The van der Waals surface area contributed by atoms with Gasteiger partial charge in [0.05, 0.1) is 5.92 Å². The first-order valence-corrected chi connectivity index (χ1v) is 5.20. The fraction of sp³-hybridized carbons (Fsp3) is 0.750. The minimum atomic E-state index is -3.60. The van der Waals surface area contributed by atoms with Crippen molar-refractivity contribution >= 4 is 27.8 Å². The molecule has 0 unspecified atom stereocenters. The van der Waals surface area contributed by atoms with Crippen LogP contribution in [0.4, 0.5) is 8.78 Å². The number of hydrogen-bond acceptors (Lipinski definition) is 2. The third-order valence-corrected chi connectivity index (χ3v) is 2.64. The van der Waals surface area contributed by atoms with E-state index in [1.165, 1.54) is 0 Å². The number of carboxylic acids is 1. The third kappa shape index (κ3) is 3.12. The molecule has 1 aliphatic rings. The molecule has 0 aromatic rings. The van der Waals surface area contributed by atoms with Gasteiger partial charge in [0.1, 0.15) is 0 Å². The van der Waals surface area contributed by atoms with E-state index in [0.717, 1.165) is 4.90 Å². The Morgan fingerprint density at radius 3 is 2.53 bits per heavy atom. The van der Waals surface area contributed by atoms with Gasteiger partial charge in [-0.15, -0.1) is 0 Å². The van der Waals surface area contributed by atoms with Crippen molar-refractivity contribution in [1.29, 1.82) is 0 Å². The van der Waals surface area contributed by atoms with E-state index in [9.17, 15) is 18.4 Å². The Hall–Kier alpha value is -0.720. The number of piperidine rings is 1. The van der Waals surface area contributed by atoms with E-state index in [2.05, 4.69) is 0 Å². The smallest absolute Gasteiger partial charge is 0.377 e. The number of aliphatic carboxylic acids is 1. The zero-order chi connectivity index (χ0) is 11.6. The second-order valence-corrected chi connectivity index (χ2v) is 4.42. The SMILES string of the molecule is O=C(O)[C@H]1CCCN(C(=O)C(F)(F)Br)C1. The standard InChI is InChI=1S/C8H10BrF2NO3/c9-8(10,11)7(15)12-3-1-2-5(4-12)6(13)14/h5H,1-4H2,(H,13,14)/t5-/m0/s1. The van der Waals surface area contributed by atoms with Gasteiger partial charge in [0.25, 0.3) is 0 Å². The van der Waals surface area contributed by atoms with Crippen molar-refractivity contribution in [2.75, 3.05) is 13.1 Å². The summed E-state index contributed by atoms with van der Waals surface area (Å²) in [4.78, 5) is 19.0. The predicted molar refractivity (Wildman–Crippen MR) is 50.8 cm³/mol. The minimum absolute atomic E-state index is 0.143. The van der Waals surface area contributed by atoms with Crippen LogP contribution in [-0.4, -0.2) is 39.8 Å². The molecule has 0 spiro atoms. The van der Waals surface area contributed by atoms with Crippen molar-refractivity contribution in [3.8, 4) is 0 Å². The number of carbonyl (C=O) groups is 2. The Kier molecular flexibility index (Phi) is 3.64. The van der Waals surface area contributed by atoms with E-state index in [0.29, 0.717) is 12.8 Å². The molecule has 0 bridgehead atoms. The maximum atomic E-state index is 12.6. The first kappa shape index (κ1) is 12.4. The Morgan fingerprint density at radius 2 is 2.07 bits per heavy atom. The highest BCUT2D eigenvalue weighted by Crippen LogP contribution is 2.27. The lowest BCUT2D eigenvalue weighted by Crippen LogP contribution is -2.47.